The molecule has 3 nitrogen and oxygen atoms in total. The molecular weight excluding hydrogens is 308 g/mol. The molecule has 3 aromatic rings. The van der Waals surface area contributed by atoms with Gasteiger partial charge in [0.1, 0.15) is 0 Å². The van der Waals surface area contributed by atoms with E-state index in [4.69, 9.17) is 0 Å². The largest absolute Gasteiger partial charge is 0.331 e. The summed E-state index contributed by atoms with van der Waals surface area (Å²) < 4.78 is 0. The van der Waals surface area contributed by atoms with Gasteiger partial charge >= 0.3 is 6.03 Å². The summed E-state index contributed by atoms with van der Waals surface area (Å²) in [4.78, 5) is 12.6. The fourth-order valence-electron chi connectivity index (χ4n) is 3.31. The average molecular weight is 330 g/mol. The predicted molar refractivity (Wildman–Crippen MR) is 103 cm³/mol. The molecule has 2 N–H and O–H groups in total. The van der Waals surface area contributed by atoms with Crippen LogP contribution in [0.2, 0.25) is 0 Å². The molecule has 1 fully saturated rings. The number of benzene rings is 3. The number of carbonyl (C=O) groups is 1. The second-order valence-electron chi connectivity index (χ2n) is 6.85. The standard InChI is InChI=1S/C22H22N2O/c1-15-9-11-17(12-10-15)21(18-13-14-18)24-22(25)23-20-8-4-6-16-5-2-3-7-19(16)20/h2-12,18,21H,13-14H2,1H3,(H2,23,24,25). The fourth-order valence-corrected chi connectivity index (χ4v) is 3.31. The second-order valence-corrected chi connectivity index (χ2v) is 6.85. The molecule has 1 aliphatic carbocycles. The highest BCUT2D eigenvalue weighted by Crippen LogP contribution is 2.41. The number of fused-ring (bicyclic) bond motifs is 1. The summed E-state index contributed by atoms with van der Waals surface area (Å²) in [6.07, 6.45) is 2.35. The Bertz CT molecular complexity index is 892. The van der Waals surface area contributed by atoms with Crippen LogP contribution in [0.15, 0.2) is 66.7 Å². The lowest BCUT2D eigenvalue weighted by Gasteiger charge is -2.20. The first-order valence-electron chi connectivity index (χ1n) is 8.82. The van der Waals surface area contributed by atoms with Crippen molar-refractivity contribution in [1.82, 2.24) is 5.32 Å². The van der Waals surface area contributed by atoms with Gasteiger partial charge < -0.3 is 10.6 Å². The molecule has 0 bridgehead atoms. The van der Waals surface area contributed by atoms with E-state index in [9.17, 15) is 4.79 Å². The number of aryl methyl sites for hydroxylation is 1. The van der Waals surface area contributed by atoms with Crippen LogP contribution in [0.25, 0.3) is 10.8 Å². The maximum atomic E-state index is 12.6. The molecule has 4 rings (SSSR count). The lowest BCUT2D eigenvalue weighted by molar-refractivity contribution is 0.247. The van der Waals surface area contributed by atoms with Crippen LogP contribution in [0, 0.1) is 12.8 Å². The maximum absolute atomic E-state index is 12.6. The number of anilines is 1. The van der Waals surface area contributed by atoms with Gasteiger partial charge in [-0.05, 0) is 42.7 Å². The summed E-state index contributed by atoms with van der Waals surface area (Å²) in [5.41, 5.74) is 3.26. The molecule has 1 aliphatic rings. The van der Waals surface area contributed by atoms with E-state index in [0.717, 1.165) is 16.5 Å². The van der Waals surface area contributed by atoms with E-state index in [0.29, 0.717) is 5.92 Å². The van der Waals surface area contributed by atoms with E-state index < -0.39 is 0 Å². The van der Waals surface area contributed by atoms with Crippen molar-refractivity contribution in [1.29, 1.82) is 0 Å². The predicted octanol–water partition coefficient (Wildman–Crippen LogP) is 5.42. The van der Waals surface area contributed by atoms with E-state index in [1.807, 2.05) is 30.3 Å². The third kappa shape index (κ3) is 3.50. The Balaban J connectivity index is 1.53. The number of carbonyl (C=O) groups excluding carboxylic acids is 1. The van der Waals surface area contributed by atoms with Crippen molar-refractivity contribution in [3.05, 3.63) is 77.9 Å². The van der Waals surface area contributed by atoms with Gasteiger partial charge in [0.15, 0.2) is 0 Å². The van der Waals surface area contributed by atoms with Crippen molar-refractivity contribution >= 4 is 22.5 Å². The Labute approximate surface area is 148 Å². The molecule has 0 heterocycles. The lowest BCUT2D eigenvalue weighted by atomic mass is 10.0. The zero-order valence-corrected chi connectivity index (χ0v) is 14.3. The maximum Gasteiger partial charge on any atom is 0.319 e. The first-order chi connectivity index (χ1) is 12.2. The number of urea groups is 1. The molecule has 0 spiro atoms. The van der Waals surface area contributed by atoms with E-state index in [2.05, 4.69) is 54.0 Å². The molecule has 0 saturated heterocycles. The summed E-state index contributed by atoms with van der Waals surface area (Å²) in [5, 5.41) is 8.38. The van der Waals surface area contributed by atoms with Crippen LogP contribution >= 0.6 is 0 Å². The van der Waals surface area contributed by atoms with Crippen molar-refractivity contribution in [3.8, 4) is 0 Å². The van der Waals surface area contributed by atoms with Gasteiger partial charge in [-0.15, -0.1) is 0 Å². The molecule has 1 unspecified atom stereocenters. The minimum absolute atomic E-state index is 0.0792. The topological polar surface area (TPSA) is 41.1 Å². The van der Waals surface area contributed by atoms with Crippen LogP contribution in [-0.2, 0) is 0 Å². The summed E-state index contributed by atoms with van der Waals surface area (Å²) in [6, 6.07) is 22.4. The second kappa shape index (κ2) is 6.60. The van der Waals surface area contributed by atoms with Gasteiger partial charge in [0, 0.05) is 5.39 Å². The highest BCUT2D eigenvalue weighted by atomic mass is 16.2. The number of hydrogen-bond donors (Lipinski definition) is 2. The van der Waals surface area contributed by atoms with E-state index >= 15 is 0 Å². The van der Waals surface area contributed by atoms with Crippen molar-refractivity contribution in [3.63, 3.8) is 0 Å². The molecule has 2 amide bonds. The van der Waals surface area contributed by atoms with Crippen LogP contribution in [0.3, 0.4) is 0 Å². The number of hydrogen-bond acceptors (Lipinski definition) is 1. The smallest absolute Gasteiger partial charge is 0.319 e. The van der Waals surface area contributed by atoms with Gasteiger partial charge in [-0.3, -0.25) is 0 Å². The number of amides is 2. The molecule has 25 heavy (non-hydrogen) atoms. The SMILES string of the molecule is Cc1ccc(C(NC(=O)Nc2cccc3ccccc23)C2CC2)cc1. The summed E-state index contributed by atoms with van der Waals surface area (Å²) in [7, 11) is 0. The highest BCUT2D eigenvalue weighted by molar-refractivity contribution is 6.01. The van der Waals surface area contributed by atoms with Crippen molar-refractivity contribution in [2.75, 3.05) is 5.32 Å². The van der Waals surface area contributed by atoms with Crippen molar-refractivity contribution in [2.45, 2.75) is 25.8 Å². The lowest BCUT2D eigenvalue weighted by Crippen LogP contribution is -2.33. The molecule has 1 saturated carbocycles. The van der Waals surface area contributed by atoms with E-state index in [-0.39, 0.29) is 12.1 Å². The summed E-state index contributed by atoms with van der Waals surface area (Å²) in [6.45, 7) is 2.08. The van der Waals surface area contributed by atoms with Crippen LogP contribution < -0.4 is 10.6 Å². The van der Waals surface area contributed by atoms with E-state index in [1.54, 1.807) is 0 Å². The Morgan fingerprint density at radius 3 is 2.44 bits per heavy atom. The first-order valence-corrected chi connectivity index (χ1v) is 8.82. The van der Waals surface area contributed by atoms with Gasteiger partial charge in [-0.2, -0.15) is 0 Å². The zero-order chi connectivity index (χ0) is 17.2. The Morgan fingerprint density at radius 2 is 1.68 bits per heavy atom. The minimum atomic E-state index is -0.145. The Hall–Kier alpha value is -2.81. The van der Waals surface area contributed by atoms with Gasteiger partial charge in [0.25, 0.3) is 0 Å². The monoisotopic (exact) mass is 330 g/mol. The Kier molecular flexibility index (Phi) is 4.14. The molecule has 1 atom stereocenters. The normalized spacial score (nSPS) is 14.9. The van der Waals surface area contributed by atoms with Crippen LogP contribution in [0.1, 0.15) is 30.0 Å². The third-order valence-corrected chi connectivity index (χ3v) is 4.85. The molecule has 0 aromatic heterocycles. The van der Waals surface area contributed by atoms with Crippen LogP contribution in [0.5, 0.6) is 0 Å². The molecule has 3 aromatic carbocycles. The van der Waals surface area contributed by atoms with Gasteiger partial charge in [-0.25, -0.2) is 4.79 Å². The molecule has 3 heteroatoms. The summed E-state index contributed by atoms with van der Waals surface area (Å²) in [5.74, 6) is 0.543. The van der Waals surface area contributed by atoms with Gasteiger partial charge in [0.2, 0.25) is 0 Å². The fraction of sp³-hybridized carbons (Fsp3) is 0.227. The van der Waals surface area contributed by atoms with Crippen LogP contribution in [0.4, 0.5) is 10.5 Å². The van der Waals surface area contributed by atoms with Crippen LogP contribution in [-0.4, -0.2) is 6.03 Å². The van der Waals surface area contributed by atoms with Gasteiger partial charge in [0.05, 0.1) is 11.7 Å². The summed E-state index contributed by atoms with van der Waals surface area (Å²) >= 11 is 0. The molecule has 0 radical (unpaired) electrons. The highest BCUT2D eigenvalue weighted by Gasteiger charge is 2.33. The molecular formula is C22H22N2O. The molecule has 0 aliphatic heterocycles. The quantitative estimate of drug-likeness (QED) is 0.659. The van der Waals surface area contributed by atoms with Gasteiger partial charge in [-0.1, -0.05) is 66.2 Å². The van der Waals surface area contributed by atoms with Crippen molar-refractivity contribution < 1.29 is 4.79 Å². The number of rotatable bonds is 4. The average Bonchev–Trinajstić information content (AvgIpc) is 3.46. The molecule has 126 valence electrons. The van der Waals surface area contributed by atoms with Crippen molar-refractivity contribution in [2.24, 2.45) is 5.92 Å². The Morgan fingerprint density at radius 1 is 0.960 bits per heavy atom. The third-order valence-electron chi connectivity index (χ3n) is 4.85. The number of nitrogens with one attached hydrogen (secondary N) is 2. The first kappa shape index (κ1) is 15.7. The minimum Gasteiger partial charge on any atom is -0.331 e. The van der Waals surface area contributed by atoms with E-state index in [1.165, 1.54) is 24.0 Å². The zero-order valence-electron chi connectivity index (χ0n) is 14.3.